The van der Waals surface area contributed by atoms with Crippen LogP contribution in [0.5, 0.6) is 0 Å². The minimum absolute atomic E-state index is 0.480. The summed E-state index contributed by atoms with van der Waals surface area (Å²) in [6.07, 6.45) is 19.6. The van der Waals surface area contributed by atoms with Gasteiger partial charge >= 0.3 is 0 Å². The van der Waals surface area contributed by atoms with E-state index in [0.29, 0.717) is 6.17 Å². The second-order valence-electron chi connectivity index (χ2n) is 5.28. The van der Waals surface area contributed by atoms with E-state index in [9.17, 15) is 0 Å². The molecule has 19 heavy (non-hydrogen) atoms. The summed E-state index contributed by atoms with van der Waals surface area (Å²) in [4.78, 5) is 2.31. The van der Waals surface area contributed by atoms with E-state index in [4.69, 9.17) is 5.73 Å². The van der Waals surface area contributed by atoms with Gasteiger partial charge in [-0.3, -0.25) is 0 Å². The third-order valence-corrected chi connectivity index (χ3v) is 3.56. The number of nitrogens with one attached hydrogen (secondary N) is 1. The maximum Gasteiger partial charge on any atom is 0.0981 e. The van der Waals surface area contributed by atoms with E-state index >= 15 is 0 Å². The minimum atomic E-state index is 0.480. The first-order valence-corrected chi connectivity index (χ1v) is 7.92. The van der Waals surface area contributed by atoms with E-state index in [1.165, 1.54) is 51.4 Å². The van der Waals surface area contributed by atoms with Crippen LogP contribution in [0.1, 0.15) is 58.3 Å². The van der Waals surface area contributed by atoms with Crippen LogP contribution in [-0.4, -0.2) is 24.2 Å². The Hall–Kier alpha value is -0.960. The summed E-state index contributed by atoms with van der Waals surface area (Å²) in [5.41, 5.74) is 5.61. The van der Waals surface area contributed by atoms with Crippen LogP contribution >= 0.6 is 0 Å². The van der Waals surface area contributed by atoms with Gasteiger partial charge in [0, 0.05) is 25.5 Å². The Labute approximate surface area is 118 Å². The number of hydrogen-bond donors (Lipinski definition) is 2. The van der Waals surface area contributed by atoms with Crippen LogP contribution in [0.2, 0.25) is 0 Å². The smallest absolute Gasteiger partial charge is 0.0981 e. The van der Waals surface area contributed by atoms with E-state index in [2.05, 4.69) is 35.5 Å². The highest BCUT2D eigenvalue weighted by atomic mass is 15.3. The summed E-state index contributed by atoms with van der Waals surface area (Å²) in [7, 11) is 0. The maximum atomic E-state index is 5.61. The van der Waals surface area contributed by atoms with Gasteiger partial charge in [-0.2, -0.15) is 0 Å². The Balaban J connectivity index is 1.93. The molecule has 0 saturated carbocycles. The Morgan fingerprint density at radius 3 is 2.74 bits per heavy atom. The summed E-state index contributed by atoms with van der Waals surface area (Å²) in [6.45, 7) is 3.91. The third kappa shape index (κ3) is 7.26. The van der Waals surface area contributed by atoms with Gasteiger partial charge < -0.3 is 16.0 Å². The van der Waals surface area contributed by atoms with Crippen LogP contribution < -0.4 is 11.1 Å². The van der Waals surface area contributed by atoms with Gasteiger partial charge in [-0.05, 0) is 32.1 Å². The molecule has 1 aliphatic rings. The van der Waals surface area contributed by atoms with Gasteiger partial charge in [0.05, 0.1) is 6.17 Å². The molecule has 0 aliphatic carbocycles. The molecule has 3 heteroatoms. The SMILES string of the molecule is CCC/C=C/CCCCCCC1NC=CN1CCN. The topological polar surface area (TPSA) is 41.3 Å². The molecule has 3 N–H and O–H groups in total. The fourth-order valence-corrected chi connectivity index (χ4v) is 2.43. The van der Waals surface area contributed by atoms with Crippen molar-refractivity contribution in [3.8, 4) is 0 Å². The quantitative estimate of drug-likeness (QED) is 0.445. The lowest BCUT2D eigenvalue weighted by Gasteiger charge is -2.24. The molecule has 0 aromatic heterocycles. The molecule has 0 fully saturated rings. The van der Waals surface area contributed by atoms with Gasteiger partial charge in [0.15, 0.2) is 0 Å². The molecule has 1 atom stereocenters. The molecule has 1 heterocycles. The van der Waals surface area contributed by atoms with Crippen molar-refractivity contribution in [1.82, 2.24) is 10.2 Å². The van der Waals surface area contributed by atoms with Gasteiger partial charge in [0.25, 0.3) is 0 Å². The molecule has 0 aromatic rings. The number of unbranched alkanes of at least 4 members (excludes halogenated alkanes) is 5. The highest BCUT2D eigenvalue weighted by Gasteiger charge is 2.16. The first-order valence-electron chi connectivity index (χ1n) is 7.92. The van der Waals surface area contributed by atoms with E-state index in [-0.39, 0.29) is 0 Å². The molecule has 1 aliphatic heterocycles. The average Bonchev–Trinajstić information content (AvgIpc) is 2.85. The lowest BCUT2D eigenvalue weighted by Crippen LogP contribution is -2.37. The van der Waals surface area contributed by atoms with Crippen molar-refractivity contribution in [1.29, 1.82) is 0 Å². The monoisotopic (exact) mass is 265 g/mol. The summed E-state index contributed by atoms with van der Waals surface area (Å²) in [6, 6.07) is 0. The molecule has 1 rings (SSSR count). The number of hydrogen-bond acceptors (Lipinski definition) is 3. The highest BCUT2D eigenvalue weighted by Crippen LogP contribution is 2.13. The van der Waals surface area contributed by atoms with Gasteiger partial charge in [0.2, 0.25) is 0 Å². The molecule has 0 saturated heterocycles. The fraction of sp³-hybridized carbons (Fsp3) is 0.750. The normalized spacial score (nSPS) is 18.4. The van der Waals surface area contributed by atoms with Crippen LogP contribution in [0, 0.1) is 0 Å². The molecule has 0 aromatic carbocycles. The molecule has 110 valence electrons. The number of rotatable bonds is 11. The number of nitrogens with zero attached hydrogens (tertiary/aromatic N) is 1. The summed E-state index contributed by atoms with van der Waals surface area (Å²) in [5.74, 6) is 0. The molecule has 0 spiro atoms. The van der Waals surface area contributed by atoms with Gasteiger partial charge in [-0.25, -0.2) is 0 Å². The number of allylic oxidation sites excluding steroid dienone is 2. The number of nitrogens with two attached hydrogens (primary N) is 1. The second-order valence-corrected chi connectivity index (χ2v) is 5.28. The first kappa shape index (κ1) is 16.1. The predicted octanol–water partition coefficient (Wildman–Crippen LogP) is 3.34. The first-order chi connectivity index (χ1) is 9.38. The van der Waals surface area contributed by atoms with Crippen molar-refractivity contribution < 1.29 is 0 Å². The van der Waals surface area contributed by atoms with Crippen molar-refractivity contribution in [2.45, 2.75) is 64.5 Å². The van der Waals surface area contributed by atoms with E-state index < -0.39 is 0 Å². The van der Waals surface area contributed by atoms with Crippen molar-refractivity contribution in [2.75, 3.05) is 13.1 Å². The van der Waals surface area contributed by atoms with E-state index in [1.54, 1.807) is 0 Å². The Morgan fingerprint density at radius 1 is 1.16 bits per heavy atom. The van der Waals surface area contributed by atoms with Crippen LogP contribution in [0.15, 0.2) is 24.6 Å². The lowest BCUT2D eigenvalue weighted by molar-refractivity contribution is 0.264. The lowest BCUT2D eigenvalue weighted by atomic mass is 10.1. The van der Waals surface area contributed by atoms with Crippen LogP contribution in [-0.2, 0) is 0 Å². The standard InChI is InChI=1S/C16H31N3/c1-2-3-4-5-6-7-8-9-10-11-16-18-13-15-19(16)14-12-17/h4-5,13,15-16,18H,2-3,6-12,14,17H2,1H3/b5-4+. The molecule has 1 unspecified atom stereocenters. The Bertz CT molecular complexity index is 261. The van der Waals surface area contributed by atoms with Crippen LogP contribution in [0.4, 0.5) is 0 Å². The summed E-state index contributed by atoms with van der Waals surface area (Å²) >= 11 is 0. The zero-order valence-electron chi connectivity index (χ0n) is 12.5. The van der Waals surface area contributed by atoms with E-state index in [1.807, 2.05) is 6.20 Å². The van der Waals surface area contributed by atoms with Gasteiger partial charge in [0.1, 0.15) is 0 Å². The summed E-state index contributed by atoms with van der Waals surface area (Å²) < 4.78 is 0. The molecule has 0 radical (unpaired) electrons. The maximum absolute atomic E-state index is 5.61. The van der Waals surface area contributed by atoms with Crippen LogP contribution in [0.3, 0.4) is 0 Å². The Kier molecular flexibility index (Phi) is 9.25. The van der Waals surface area contributed by atoms with Crippen molar-refractivity contribution in [3.05, 3.63) is 24.6 Å². The molecular weight excluding hydrogens is 234 g/mol. The molecule has 0 amide bonds. The highest BCUT2D eigenvalue weighted by molar-refractivity contribution is 4.94. The average molecular weight is 265 g/mol. The molecule has 0 bridgehead atoms. The van der Waals surface area contributed by atoms with Gasteiger partial charge in [-0.1, -0.05) is 38.3 Å². The van der Waals surface area contributed by atoms with Crippen molar-refractivity contribution in [2.24, 2.45) is 5.73 Å². The zero-order chi connectivity index (χ0) is 13.8. The van der Waals surface area contributed by atoms with Crippen molar-refractivity contribution in [3.63, 3.8) is 0 Å². The largest absolute Gasteiger partial charge is 0.370 e. The minimum Gasteiger partial charge on any atom is -0.370 e. The Morgan fingerprint density at radius 2 is 1.95 bits per heavy atom. The summed E-state index contributed by atoms with van der Waals surface area (Å²) in [5, 5.41) is 3.40. The second kappa shape index (κ2) is 10.9. The third-order valence-electron chi connectivity index (χ3n) is 3.56. The van der Waals surface area contributed by atoms with Crippen LogP contribution in [0.25, 0.3) is 0 Å². The van der Waals surface area contributed by atoms with E-state index in [0.717, 1.165) is 13.1 Å². The molecule has 3 nitrogen and oxygen atoms in total. The zero-order valence-corrected chi connectivity index (χ0v) is 12.5. The molecular formula is C16H31N3. The predicted molar refractivity (Wildman–Crippen MR) is 83.6 cm³/mol. The van der Waals surface area contributed by atoms with Gasteiger partial charge in [-0.15, -0.1) is 0 Å². The van der Waals surface area contributed by atoms with Crippen molar-refractivity contribution >= 4 is 0 Å². The fourth-order valence-electron chi connectivity index (χ4n) is 2.43.